The van der Waals surface area contributed by atoms with Crippen LogP contribution in [0.4, 0.5) is 0 Å². The molecule has 0 aliphatic heterocycles. The summed E-state index contributed by atoms with van der Waals surface area (Å²) >= 11 is 0. The number of sulfone groups is 1. The summed E-state index contributed by atoms with van der Waals surface area (Å²) in [4.78, 5) is 0.283. The highest BCUT2D eigenvalue weighted by atomic mass is 32.2. The molecule has 0 aliphatic carbocycles. The van der Waals surface area contributed by atoms with Crippen LogP contribution < -0.4 is 10.1 Å². The molecule has 1 rings (SSSR count). The first-order valence-corrected chi connectivity index (χ1v) is 7.66. The van der Waals surface area contributed by atoms with E-state index in [1.54, 1.807) is 12.1 Å². The Kier molecular flexibility index (Phi) is 5.16. The number of methoxy groups -OCH3 is 1. The van der Waals surface area contributed by atoms with E-state index in [0.29, 0.717) is 12.3 Å². The summed E-state index contributed by atoms with van der Waals surface area (Å²) < 4.78 is 29.6. The summed E-state index contributed by atoms with van der Waals surface area (Å²) in [5, 5.41) is 3.02. The van der Waals surface area contributed by atoms with Gasteiger partial charge in [-0.15, -0.1) is 0 Å². The van der Waals surface area contributed by atoms with E-state index in [0.717, 1.165) is 17.7 Å². The first-order chi connectivity index (χ1) is 8.42. The fraction of sp³-hybridized carbons (Fsp3) is 0.538. The predicted octanol–water partition coefficient (Wildman–Crippen LogP) is 1.70. The van der Waals surface area contributed by atoms with Crippen LogP contribution in [0.3, 0.4) is 0 Å². The van der Waals surface area contributed by atoms with Gasteiger partial charge in [0, 0.05) is 6.54 Å². The molecule has 4 nitrogen and oxygen atoms in total. The number of ether oxygens (including phenoxy) is 1. The predicted molar refractivity (Wildman–Crippen MR) is 73.1 cm³/mol. The average molecular weight is 271 g/mol. The van der Waals surface area contributed by atoms with E-state index in [4.69, 9.17) is 4.74 Å². The molecule has 0 spiro atoms. The maximum absolute atomic E-state index is 12.2. The minimum absolute atomic E-state index is 0.0830. The van der Waals surface area contributed by atoms with Gasteiger partial charge in [-0.3, -0.25) is 0 Å². The molecule has 0 aliphatic rings. The van der Waals surface area contributed by atoms with E-state index in [2.05, 4.69) is 5.32 Å². The summed E-state index contributed by atoms with van der Waals surface area (Å²) in [7, 11) is -1.81. The Bertz CT molecular complexity index is 509. The molecule has 5 heteroatoms. The van der Waals surface area contributed by atoms with Crippen LogP contribution in [-0.2, 0) is 9.84 Å². The molecule has 0 amide bonds. The first-order valence-electron chi connectivity index (χ1n) is 6.01. The quantitative estimate of drug-likeness (QED) is 0.800. The smallest absolute Gasteiger partial charge is 0.183 e. The van der Waals surface area contributed by atoms with Gasteiger partial charge in [0.25, 0.3) is 0 Å². The summed E-state index contributed by atoms with van der Waals surface area (Å²) in [5.74, 6) is 0.509. The molecule has 1 aromatic rings. The van der Waals surface area contributed by atoms with Crippen molar-refractivity contribution in [1.82, 2.24) is 5.32 Å². The van der Waals surface area contributed by atoms with Crippen molar-refractivity contribution in [2.24, 2.45) is 0 Å². The number of rotatable bonds is 6. The van der Waals surface area contributed by atoms with Crippen LogP contribution in [0.1, 0.15) is 18.1 Å². The Hall–Kier alpha value is -1.07. The fourth-order valence-corrected chi connectivity index (χ4v) is 3.10. The highest BCUT2D eigenvalue weighted by Crippen LogP contribution is 2.27. The molecule has 0 radical (unpaired) electrons. The van der Waals surface area contributed by atoms with Crippen LogP contribution >= 0.6 is 0 Å². The third-order valence-electron chi connectivity index (χ3n) is 2.91. The topological polar surface area (TPSA) is 55.4 Å². The number of benzene rings is 1. The van der Waals surface area contributed by atoms with Crippen molar-refractivity contribution in [3.63, 3.8) is 0 Å². The number of hydrogen-bond acceptors (Lipinski definition) is 4. The second-order valence-corrected chi connectivity index (χ2v) is 6.34. The zero-order valence-corrected chi connectivity index (χ0v) is 12.2. The number of nitrogens with one attached hydrogen (secondary N) is 1. The highest BCUT2D eigenvalue weighted by Gasteiger charge is 2.20. The molecule has 0 fully saturated rings. The molecule has 0 saturated carbocycles. The number of aryl methyl sites for hydroxylation is 2. The zero-order valence-electron chi connectivity index (χ0n) is 11.4. The van der Waals surface area contributed by atoms with Gasteiger partial charge in [-0.2, -0.15) is 0 Å². The summed E-state index contributed by atoms with van der Waals surface area (Å²) in [6.45, 7) is 7.00. The van der Waals surface area contributed by atoms with Crippen molar-refractivity contribution in [2.45, 2.75) is 25.7 Å². The molecule has 0 bridgehead atoms. The van der Waals surface area contributed by atoms with Gasteiger partial charge in [-0.05, 0) is 43.7 Å². The van der Waals surface area contributed by atoms with Gasteiger partial charge in [-0.25, -0.2) is 8.42 Å². The van der Waals surface area contributed by atoms with E-state index < -0.39 is 9.84 Å². The van der Waals surface area contributed by atoms with Crippen LogP contribution in [0.2, 0.25) is 0 Å². The Morgan fingerprint density at radius 2 is 1.83 bits per heavy atom. The lowest BCUT2D eigenvalue weighted by molar-refractivity contribution is 0.402. The third kappa shape index (κ3) is 3.46. The van der Waals surface area contributed by atoms with E-state index in [9.17, 15) is 8.42 Å². The normalized spacial score (nSPS) is 11.6. The molecule has 0 aromatic heterocycles. The van der Waals surface area contributed by atoms with Crippen LogP contribution in [0.25, 0.3) is 0 Å². The minimum Gasteiger partial charge on any atom is -0.495 e. The van der Waals surface area contributed by atoms with Gasteiger partial charge in [0.2, 0.25) is 0 Å². The van der Waals surface area contributed by atoms with Crippen LogP contribution in [0.15, 0.2) is 17.0 Å². The lowest BCUT2D eigenvalue weighted by Crippen LogP contribution is -2.23. The van der Waals surface area contributed by atoms with Crippen molar-refractivity contribution in [1.29, 1.82) is 0 Å². The summed E-state index contributed by atoms with van der Waals surface area (Å²) in [5.41, 5.74) is 1.98. The molecule has 0 saturated heterocycles. The first kappa shape index (κ1) is 15.0. The summed E-state index contributed by atoms with van der Waals surface area (Å²) in [6.07, 6.45) is 0. The van der Waals surface area contributed by atoms with Crippen LogP contribution in [-0.4, -0.2) is 34.4 Å². The van der Waals surface area contributed by atoms with Gasteiger partial charge < -0.3 is 10.1 Å². The Morgan fingerprint density at radius 3 is 2.39 bits per heavy atom. The van der Waals surface area contributed by atoms with Crippen LogP contribution in [0.5, 0.6) is 5.75 Å². The van der Waals surface area contributed by atoms with Gasteiger partial charge >= 0.3 is 0 Å². The Balaban J connectivity index is 3.11. The monoisotopic (exact) mass is 271 g/mol. The zero-order chi connectivity index (χ0) is 13.8. The SMILES string of the molecule is CCNCCS(=O)(=O)c1cc(C)c(C)cc1OC. The van der Waals surface area contributed by atoms with Crippen molar-refractivity contribution in [3.8, 4) is 5.75 Å². The van der Waals surface area contributed by atoms with Crippen LogP contribution in [0, 0.1) is 13.8 Å². The van der Waals surface area contributed by atoms with Crippen molar-refractivity contribution in [2.75, 3.05) is 26.0 Å². The van der Waals surface area contributed by atoms with Gasteiger partial charge in [0.05, 0.1) is 12.9 Å². The standard InChI is InChI=1S/C13H21NO3S/c1-5-14-6-7-18(15,16)13-9-11(3)10(2)8-12(13)17-4/h8-9,14H,5-7H2,1-4H3. The number of hydrogen-bond donors (Lipinski definition) is 1. The molecule has 0 atom stereocenters. The minimum atomic E-state index is -3.30. The maximum atomic E-state index is 12.2. The molecule has 18 heavy (non-hydrogen) atoms. The van der Waals surface area contributed by atoms with Crippen molar-refractivity contribution in [3.05, 3.63) is 23.3 Å². The molecular formula is C13H21NO3S. The Labute approximate surface area is 109 Å². The maximum Gasteiger partial charge on any atom is 0.183 e. The largest absolute Gasteiger partial charge is 0.495 e. The lowest BCUT2D eigenvalue weighted by atomic mass is 10.1. The fourth-order valence-electron chi connectivity index (χ4n) is 1.66. The lowest BCUT2D eigenvalue weighted by Gasteiger charge is -2.12. The average Bonchev–Trinajstić information content (AvgIpc) is 2.32. The second kappa shape index (κ2) is 6.20. The molecule has 1 aromatic carbocycles. The van der Waals surface area contributed by atoms with E-state index in [1.165, 1.54) is 7.11 Å². The molecular weight excluding hydrogens is 250 g/mol. The summed E-state index contributed by atoms with van der Waals surface area (Å²) in [6, 6.07) is 3.46. The van der Waals surface area contributed by atoms with E-state index >= 15 is 0 Å². The third-order valence-corrected chi connectivity index (χ3v) is 4.64. The van der Waals surface area contributed by atoms with E-state index in [1.807, 2.05) is 20.8 Å². The second-order valence-electron chi connectivity index (χ2n) is 4.26. The van der Waals surface area contributed by atoms with E-state index in [-0.39, 0.29) is 10.6 Å². The van der Waals surface area contributed by atoms with Gasteiger partial charge in [0.1, 0.15) is 10.6 Å². The van der Waals surface area contributed by atoms with Crippen molar-refractivity contribution < 1.29 is 13.2 Å². The molecule has 0 unspecified atom stereocenters. The highest BCUT2D eigenvalue weighted by molar-refractivity contribution is 7.91. The molecule has 0 heterocycles. The van der Waals surface area contributed by atoms with Gasteiger partial charge in [-0.1, -0.05) is 6.92 Å². The molecule has 1 N–H and O–H groups in total. The van der Waals surface area contributed by atoms with Crippen molar-refractivity contribution >= 4 is 9.84 Å². The Morgan fingerprint density at radius 1 is 1.22 bits per heavy atom. The van der Waals surface area contributed by atoms with Gasteiger partial charge in [0.15, 0.2) is 9.84 Å². The molecule has 102 valence electrons.